The molecule has 226 valence electrons. The number of nitrogens with zero attached hydrogens (tertiary/aromatic N) is 2. The fraction of sp³-hybridized carbons (Fsp3) is 0.552. The van der Waals surface area contributed by atoms with E-state index in [-0.39, 0.29) is 30.5 Å². The fourth-order valence-corrected chi connectivity index (χ4v) is 7.50. The van der Waals surface area contributed by atoms with Gasteiger partial charge in [-0.05, 0) is 70.4 Å². The van der Waals surface area contributed by atoms with Gasteiger partial charge in [0.25, 0.3) is 0 Å². The van der Waals surface area contributed by atoms with Crippen LogP contribution in [0.3, 0.4) is 0 Å². The van der Waals surface area contributed by atoms with Gasteiger partial charge in [0.15, 0.2) is 40.5 Å². The topological polar surface area (TPSA) is 158 Å². The molecule has 6 atom stereocenters. The molecule has 1 aromatic rings. The Morgan fingerprint density at radius 3 is 2.31 bits per heavy atom. The number of benzene rings is 1. The second kappa shape index (κ2) is 10.7. The van der Waals surface area contributed by atoms with Crippen LogP contribution in [0.2, 0.25) is 0 Å². The second-order valence-electron chi connectivity index (χ2n) is 12.0. The van der Waals surface area contributed by atoms with Crippen molar-refractivity contribution < 1.29 is 47.4 Å². The number of aromatic hydroxyl groups is 1. The summed E-state index contributed by atoms with van der Waals surface area (Å²) in [6, 6.07) is -0.217. The van der Waals surface area contributed by atoms with Gasteiger partial charge in [0.1, 0.15) is 5.75 Å². The van der Waals surface area contributed by atoms with Crippen molar-refractivity contribution in [3.63, 3.8) is 0 Å². The molecule has 5 rings (SSSR count). The van der Waals surface area contributed by atoms with Crippen LogP contribution >= 0.6 is 0 Å². The monoisotopic (exact) mass is 591 g/mol. The first-order valence-corrected chi connectivity index (χ1v) is 13.9. The lowest BCUT2D eigenvalue weighted by Gasteiger charge is -2.52. The summed E-state index contributed by atoms with van der Waals surface area (Å²) in [5, 5.41) is 22.9. The zero-order valence-corrected chi connectivity index (χ0v) is 23.2. The molecule has 1 heterocycles. The Bertz CT molecular complexity index is 1430. The van der Waals surface area contributed by atoms with E-state index in [2.05, 4.69) is 0 Å². The van der Waals surface area contributed by atoms with Crippen LogP contribution in [0.1, 0.15) is 52.7 Å². The van der Waals surface area contributed by atoms with E-state index in [1.165, 1.54) is 19.0 Å². The summed E-state index contributed by atoms with van der Waals surface area (Å²) in [4.78, 5) is 69.9. The van der Waals surface area contributed by atoms with E-state index < -0.39 is 93.1 Å². The molecule has 2 saturated carbocycles. The number of rotatable bonds is 5. The molecule has 0 bridgehead atoms. The highest BCUT2D eigenvalue weighted by Crippen LogP contribution is 2.52. The highest BCUT2D eigenvalue weighted by atomic mass is 19.3. The van der Waals surface area contributed by atoms with Gasteiger partial charge in [-0.3, -0.25) is 33.8 Å². The van der Waals surface area contributed by atoms with Crippen LogP contribution in [-0.4, -0.2) is 87.9 Å². The number of likely N-dealkylation sites (N-methyl/N-ethyl adjacent to an activating group) is 1. The van der Waals surface area contributed by atoms with Crippen molar-refractivity contribution in [2.75, 3.05) is 27.2 Å². The normalized spacial score (nSPS) is 31.5. The number of ketones is 4. The number of piperidine rings is 1. The van der Waals surface area contributed by atoms with Crippen LogP contribution in [0, 0.1) is 23.7 Å². The first-order valence-electron chi connectivity index (χ1n) is 13.9. The largest absolute Gasteiger partial charge is 0.507 e. The van der Waals surface area contributed by atoms with Gasteiger partial charge in [-0.2, -0.15) is 8.78 Å². The van der Waals surface area contributed by atoms with Gasteiger partial charge in [-0.15, -0.1) is 0 Å². The summed E-state index contributed by atoms with van der Waals surface area (Å²) in [5.74, 6) is -14.7. The second-order valence-corrected chi connectivity index (χ2v) is 12.0. The summed E-state index contributed by atoms with van der Waals surface area (Å²) in [5.41, 5.74) is 1.11. The molecule has 1 amide bonds. The molecule has 1 aliphatic heterocycles. The van der Waals surface area contributed by atoms with E-state index in [0.717, 1.165) is 25.3 Å². The summed E-state index contributed by atoms with van der Waals surface area (Å²) in [6.07, 6.45) is -0.503. The predicted molar refractivity (Wildman–Crippen MR) is 141 cm³/mol. The third-order valence-electron chi connectivity index (χ3n) is 9.39. The number of Topliss-reactive ketones (excluding diaryl/α,β-unsaturated/α-hetero) is 4. The molecule has 0 radical (unpaired) electrons. The molecule has 2 unspecified atom stereocenters. The minimum absolute atomic E-state index is 0.0227. The number of primary amides is 1. The number of aliphatic hydroxyl groups is 1. The van der Waals surface area contributed by atoms with Crippen LogP contribution in [0.15, 0.2) is 12.1 Å². The lowest BCUT2D eigenvalue weighted by Crippen LogP contribution is -2.74. The average molecular weight is 592 g/mol. The van der Waals surface area contributed by atoms with Crippen molar-refractivity contribution in [1.82, 2.24) is 9.80 Å². The number of likely N-dealkylation sites (tertiary alicyclic amines) is 1. The number of phenols is 1. The average Bonchev–Trinajstić information content (AvgIpc) is 2.92. The van der Waals surface area contributed by atoms with Gasteiger partial charge in [-0.25, -0.2) is 4.39 Å². The van der Waals surface area contributed by atoms with Crippen LogP contribution in [0.4, 0.5) is 13.2 Å². The number of carbonyl (C=O) groups is 5. The van der Waals surface area contributed by atoms with Crippen LogP contribution in [0.25, 0.3) is 5.83 Å². The van der Waals surface area contributed by atoms with E-state index in [1.807, 2.05) is 4.90 Å². The molecule has 0 aromatic heterocycles. The standard InChI is InChI=1S/C29H32F3N3O7/c1-34(2)21-16-10-12-8-14-15(20(30)27(31)32)9-13(11-35-6-4-3-5-7-35)22(36)18(14)23(37)17(12)25(39)29(16,42)26(40)19(24(21)38)28(33)41/h9,12,16-17,19,21,36,42H,3-8,10-11H2,1-2H3,(H2,33,41)/t12-,16-,17?,19?,21-,29-/m0/s1. The molecule has 4 aliphatic rings. The molecular weight excluding hydrogens is 559 g/mol. The SMILES string of the molecule is CN(C)[C@@H]1C(=O)C(C(N)=O)C(=O)[C@@]2(O)C(=O)C3C(=O)c4c(O)c(CN5CCCCC5)cc(C(F)=C(F)F)c4C[C@H]3C[C@@H]12. The Labute approximate surface area is 239 Å². The number of fused-ring (bicyclic) bond motifs is 3. The molecule has 3 aliphatic carbocycles. The smallest absolute Gasteiger partial charge is 0.306 e. The summed E-state index contributed by atoms with van der Waals surface area (Å²) in [7, 11) is 2.89. The molecule has 10 nitrogen and oxygen atoms in total. The van der Waals surface area contributed by atoms with Gasteiger partial charge in [0, 0.05) is 23.6 Å². The van der Waals surface area contributed by atoms with Crippen LogP contribution in [0.5, 0.6) is 5.75 Å². The molecular formula is C29H32F3N3O7. The lowest BCUT2D eigenvalue weighted by molar-refractivity contribution is -0.181. The zero-order valence-electron chi connectivity index (χ0n) is 23.2. The van der Waals surface area contributed by atoms with E-state index in [4.69, 9.17) is 5.73 Å². The number of phenolic OH excluding ortho intramolecular Hbond substituents is 1. The number of carbonyl (C=O) groups excluding carboxylic acids is 5. The highest BCUT2D eigenvalue weighted by Gasteiger charge is 2.69. The molecule has 13 heteroatoms. The maximum atomic E-state index is 15.0. The zero-order chi connectivity index (χ0) is 30.8. The Hall–Kier alpha value is -3.42. The number of hydrogen-bond donors (Lipinski definition) is 3. The maximum Gasteiger partial charge on any atom is 0.306 e. The molecule has 3 fully saturated rings. The Balaban J connectivity index is 1.65. The van der Waals surface area contributed by atoms with Crippen molar-refractivity contribution in [1.29, 1.82) is 0 Å². The number of halogens is 3. The quantitative estimate of drug-likeness (QED) is 0.430. The predicted octanol–water partition coefficient (Wildman–Crippen LogP) is 1.39. The van der Waals surface area contributed by atoms with Crippen molar-refractivity contribution in [3.8, 4) is 5.75 Å². The van der Waals surface area contributed by atoms with Crippen molar-refractivity contribution in [2.24, 2.45) is 29.4 Å². The van der Waals surface area contributed by atoms with E-state index >= 15 is 0 Å². The van der Waals surface area contributed by atoms with Gasteiger partial charge < -0.3 is 15.9 Å². The fourth-order valence-electron chi connectivity index (χ4n) is 7.50. The summed E-state index contributed by atoms with van der Waals surface area (Å²) < 4.78 is 42.2. The minimum Gasteiger partial charge on any atom is -0.507 e. The molecule has 1 aromatic carbocycles. The molecule has 4 N–H and O–H groups in total. The Morgan fingerprint density at radius 2 is 1.74 bits per heavy atom. The number of nitrogens with two attached hydrogens (primary N) is 1. The summed E-state index contributed by atoms with van der Waals surface area (Å²) in [6.45, 7) is 1.32. The van der Waals surface area contributed by atoms with E-state index in [9.17, 15) is 47.4 Å². The molecule has 42 heavy (non-hydrogen) atoms. The molecule has 1 saturated heterocycles. The van der Waals surface area contributed by atoms with Gasteiger partial charge in [0.05, 0.1) is 17.5 Å². The van der Waals surface area contributed by atoms with E-state index in [0.29, 0.717) is 13.1 Å². The van der Waals surface area contributed by atoms with Gasteiger partial charge >= 0.3 is 6.08 Å². The third-order valence-corrected chi connectivity index (χ3v) is 9.39. The first-order chi connectivity index (χ1) is 19.7. The van der Waals surface area contributed by atoms with Gasteiger partial charge in [-0.1, -0.05) is 6.42 Å². The minimum atomic E-state index is -2.92. The summed E-state index contributed by atoms with van der Waals surface area (Å²) >= 11 is 0. The third kappa shape index (κ3) is 4.40. The first kappa shape index (κ1) is 30.1. The van der Waals surface area contributed by atoms with Crippen LogP contribution in [-0.2, 0) is 32.1 Å². The van der Waals surface area contributed by atoms with Crippen molar-refractivity contribution in [3.05, 3.63) is 34.4 Å². The Kier molecular flexibility index (Phi) is 7.65. The van der Waals surface area contributed by atoms with E-state index in [1.54, 1.807) is 0 Å². The maximum absolute atomic E-state index is 15.0. The Morgan fingerprint density at radius 1 is 1.10 bits per heavy atom. The number of hydrogen-bond acceptors (Lipinski definition) is 9. The molecule has 0 spiro atoms. The highest BCUT2D eigenvalue weighted by molar-refractivity contribution is 6.32. The van der Waals surface area contributed by atoms with Crippen LogP contribution < -0.4 is 5.73 Å². The van der Waals surface area contributed by atoms with Gasteiger partial charge in [0.2, 0.25) is 5.91 Å². The lowest BCUT2D eigenvalue weighted by atomic mass is 9.52. The number of amides is 1. The van der Waals surface area contributed by atoms with Crippen molar-refractivity contribution >= 4 is 34.9 Å². The van der Waals surface area contributed by atoms with Crippen molar-refractivity contribution in [2.45, 2.75) is 50.3 Å².